The third-order valence-corrected chi connectivity index (χ3v) is 5.00. The van der Waals surface area contributed by atoms with Crippen LogP contribution >= 0.6 is 11.3 Å². The normalized spacial score (nSPS) is 10.7. The summed E-state index contributed by atoms with van der Waals surface area (Å²) in [6.07, 6.45) is 6.53. The number of methoxy groups -OCH3 is 1. The fraction of sp³-hybridized carbons (Fsp3) is 0.263. The number of aromatic nitrogens is 3. The van der Waals surface area contributed by atoms with E-state index in [1.165, 1.54) is 10.4 Å². The van der Waals surface area contributed by atoms with Crippen LogP contribution in [0.25, 0.3) is 11.4 Å². The second-order valence-corrected chi connectivity index (χ2v) is 6.78. The van der Waals surface area contributed by atoms with Crippen molar-refractivity contribution in [2.75, 3.05) is 20.3 Å². The van der Waals surface area contributed by atoms with Crippen LogP contribution in [0.4, 0.5) is 0 Å². The van der Waals surface area contributed by atoms with Crippen LogP contribution in [-0.4, -0.2) is 46.0 Å². The first-order valence-corrected chi connectivity index (χ1v) is 9.10. The predicted molar refractivity (Wildman–Crippen MR) is 101 cm³/mol. The molecule has 0 bridgehead atoms. The Morgan fingerprint density at radius 3 is 2.54 bits per heavy atom. The molecule has 0 unspecified atom stereocenters. The van der Waals surface area contributed by atoms with Crippen LogP contribution in [0.2, 0.25) is 0 Å². The number of aryl methyl sites for hydroxylation is 1. The number of ether oxygens (including phenoxy) is 1. The molecule has 3 aromatic rings. The minimum absolute atomic E-state index is 0.101. The maximum Gasteiger partial charge on any atom is 0.257 e. The van der Waals surface area contributed by atoms with Crippen LogP contribution < -0.4 is 0 Å². The topological polar surface area (TPSA) is 68.2 Å². The Morgan fingerprint density at radius 1 is 1.19 bits per heavy atom. The molecule has 0 radical (unpaired) electrons. The molecule has 0 saturated heterocycles. The van der Waals surface area contributed by atoms with Crippen molar-refractivity contribution in [3.63, 3.8) is 0 Å². The van der Waals surface area contributed by atoms with Gasteiger partial charge in [0.2, 0.25) is 0 Å². The highest BCUT2D eigenvalue weighted by molar-refractivity contribution is 7.10. The highest BCUT2D eigenvalue weighted by Crippen LogP contribution is 2.19. The maximum absolute atomic E-state index is 12.9. The molecule has 3 aromatic heterocycles. The standard InChI is InChI=1S/C19H20N4O2S/c1-14-5-10-26-17(14)13-23(8-9-25-2)19(24)16-11-21-18(22-12-16)15-3-6-20-7-4-15/h3-7,10-12H,8-9,13H2,1-2H3. The van der Waals surface area contributed by atoms with Gasteiger partial charge in [-0.1, -0.05) is 0 Å². The van der Waals surface area contributed by atoms with E-state index in [-0.39, 0.29) is 5.91 Å². The molecule has 134 valence electrons. The number of rotatable bonds is 7. The van der Waals surface area contributed by atoms with Gasteiger partial charge in [-0.15, -0.1) is 11.3 Å². The molecule has 1 amide bonds. The van der Waals surface area contributed by atoms with Crippen LogP contribution in [0, 0.1) is 6.92 Å². The van der Waals surface area contributed by atoms with E-state index in [9.17, 15) is 4.79 Å². The lowest BCUT2D eigenvalue weighted by Gasteiger charge is -2.22. The van der Waals surface area contributed by atoms with Gasteiger partial charge in [-0.05, 0) is 36.1 Å². The van der Waals surface area contributed by atoms with Crippen molar-refractivity contribution in [3.8, 4) is 11.4 Å². The molecule has 0 aliphatic heterocycles. The number of nitrogens with zero attached hydrogens (tertiary/aromatic N) is 4. The Bertz CT molecular complexity index is 849. The second-order valence-electron chi connectivity index (χ2n) is 5.78. The molecule has 6 nitrogen and oxygen atoms in total. The lowest BCUT2D eigenvalue weighted by molar-refractivity contribution is 0.0681. The van der Waals surface area contributed by atoms with Crippen molar-refractivity contribution < 1.29 is 9.53 Å². The summed E-state index contributed by atoms with van der Waals surface area (Å²) in [6.45, 7) is 3.60. The summed E-state index contributed by atoms with van der Waals surface area (Å²) in [4.78, 5) is 28.5. The van der Waals surface area contributed by atoms with Gasteiger partial charge >= 0.3 is 0 Å². The van der Waals surface area contributed by atoms with Crippen molar-refractivity contribution >= 4 is 17.2 Å². The Kier molecular flexibility index (Phi) is 6.04. The molecule has 0 spiro atoms. The highest BCUT2D eigenvalue weighted by Gasteiger charge is 2.18. The molecule has 7 heteroatoms. The van der Waals surface area contributed by atoms with Crippen LogP contribution in [0.3, 0.4) is 0 Å². The number of hydrogen-bond acceptors (Lipinski definition) is 6. The number of hydrogen-bond donors (Lipinski definition) is 0. The lowest BCUT2D eigenvalue weighted by atomic mass is 10.2. The summed E-state index contributed by atoms with van der Waals surface area (Å²) in [5.41, 5.74) is 2.52. The first-order chi connectivity index (χ1) is 12.7. The monoisotopic (exact) mass is 368 g/mol. The van der Waals surface area contributed by atoms with E-state index < -0.39 is 0 Å². The van der Waals surface area contributed by atoms with Gasteiger partial charge in [0.05, 0.1) is 18.7 Å². The average Bonchev–Trinajstić information content (AvgIpc) is 3.10. The molecule has 3 heterocycles. The molecule has 3 rings (SSSR count). The van der Waals surface area contributed by atoms with E-state index >= 15 is 0 Å². The zero-order valence-electron chi connectivity index (χ0n) is 14.8. The Morgan fingerprint density at radius 2 is 1.92 bits per heavy atom. The minimum atomic E-state index is -0.101. The number of thiophene rings is 1. The molecule has 0 atom stereocenters. The second kappa shape index (κ2) is 8.64. The molecule has 0 N–H and O–H groups in total. The average molecular weight is 368 g/mol. The fourth-order valence-electron chi connectivity index (χ4n) is 2.46. The largest absolute Gasteiger partial charge is 0.383 e. The Balaban J connectivity index is 1.78. The molecule has 0 fully saturated rings. The van der Waals surface area contributed by atoms with E-state index in [1.54, 1.807) is 48.1 Å². The summed E-state index contributed by atoms with van der Waals surface area (Å²) in [6, 6.07) is 5.73. The van der Waals surface area contributed by atoms with Gasteiger partial charge in [-0.3, -0.25) is 9.78 Å². The Hall–Kier alpha value is -2.64. The van der Waals surface area contributed by atoms with Crippen molar-refractivity contribution in [2.24, 2.45) is 0 Å². The maximum atomic E-state index is 12.9. The number of pyridine rings is 1. The van der Waals surface area contributed by atoms with Gasteiger partial charge < -0.3 is 9.64 Å². The summed E-state index contributed by atoms with van der Waals surface area (Å²) >= 11 is 1.65. The molecule has 0 saturated carbocycles. The SMILES string of the molecule is COCCN(Cc1sccc1C)C(=O)c1cnc(-c2ccncc2)nc1. The van der Waals surface area contributed by atoms with E-state index in [0.29, 0.717) is 31.1 Å². The molecule has 0 aromatic carbocycles. The van der Waals surface area contributed by atoms with E-state index in [4.69, 9.17) is 4.74 Å². The van der Waals surface area contributed by atoms with E-state index in [0.717, 1.165) is 5.56 Å². The van der Waals surface area contributed by atoms with Gasteiger partial charge in [-0.25, -0.2) is 9.97 Å². The quantitative estimate of drug-likeness (QED) is 0.641. The molecule has 0 aliphatic rings. The summed E-state index contributed by atoms with van der Waals surface area (Å²) in [5, 5.41) is 2.04. The summed E-state index contributed by atoms with van der Waals surface area (Å²) in [5.74, 6) is 0.470. The van der Waals surface area contributed by atoms with Crippen LogP contribution in [0.5, 0.6) is 0 Å². The minimum Gasteiger partial charge on any atom is -0.383 e. The van der Waals surface area contributed by atoms with Crippen molar-refractivity contribution in [1.82, 2.24) is 19.9 Å². The number of carbonyl (C=O) groups is 1. The van der Waals surface area contributed by atoms with Crippen molar-refractivity contribution in [3.05, 3.63) is 64.4 Å². The van der Waals surface area contributed by atoms with Gasteiger partial charge in [0, 0.05) is 48.9 Å². The van der Waals surface area contributed by atoms with Gasteiger partial charge in [-0.2, -0.15) is 0 Å². The van der Waals surface area contributed by atoms with Gasteiger partial charge in [0.25, 0.3) is 5.91 Å². The summed E-state index contributed by atoms with van der Waals surface area (Å²) < 4.78 is 5.16. The van der Waals surface area contributed by atoms with Gasteiger partial charge in [0.15, 0.2) is 5.82 Å². The number of amides is 1. The smallest absolute Gasteiger partial charge is 0.257 e. The van der Waals surface area contributed by atoms with Crippen LogP contribution in [0.1, 0.15) is 20.8 Å². The number of carbonyl (C=O) groups excluding carboxylic acids is 1. The molecule has 0 aliphatic carbocycles. The van der Waals surface area contributed by atoms with E-state index in [1.807, 2.05) is 17.5 Å². The van der Waals surface area contributed by atoms with Crippen molar-refractivity contribution in [2.45, 2.75) is 13.5 Å². The predicted octanol–water partition coefficient (Wildman–Crippen LogP) is 3.20. The van der Waals surface area contributed by atoms with Crippen LogP contribution in [-0.2, 0) is 11.3 Å². The first-order valence-electron chi connectivity index (χ1n) is 8.22. The molecular weight excluding hydrogens is 348 g/mol. The third kappa shape index (κ3) is 4.30. The highest BCUT2D eigenvalue weighted by atomic mass is 32.1. The molecular formula is C19H20N4O2S. The van der Waals surface area contributed by atoms with Crippen LogP contribution in [0.15, 0.2) is 48.4 Å². The third-order valence-electron chi connectivity index (χ3n) is 3.99. The van der Waals surface area contributed by atoms with Crippen molar-refractivity contribution in [1.29, 1.82) is 0 Å². The summed E-state index contributed by atoms with van der Waals surface area (Å²) in [7, 11) is 1.63. The first kappa shape index (κ1) is 18.2. The zero-order chi connectivity index (χ0) is 18.4. The lowest BCUT2D eigenvalue weighted by Crippen LogP contribution is -2.33. The van der Waals surface area contributed by atoms with Gasteiger partial charge in [0.1, 0.15) is 0 Å². The Labute approximate surface area is 156 Å². The van der Waals surface area contributed by atoms with E-state index in [2.05, 4.69) is 27.9 Å². The molecule has 26 heavy (non-hydrogen) atoms. The fourth-order valence-corrected chi connectivity index (χ4v) is 3.39. The zero-order valence-corrected chi connectivity index (χ0v) is 15.6.